The molecule has 1 aliphatic heterocycles. The highest BCUT2D eigenvalue weighted by Gasteiger charge is 2.31. The second-order valence-electron chi connectivity index (χ2n) is 8.58. The fraction of sp³-hybridized carbons (Fsp3) is 0.417. The topological polar surface area (TPSA) is 120 Å². The predicted octanol–water partition coefficient (Wildman–Crippen LogP) is 3.07. The lowest BCUT2D eigenvalue weighted by molar-refractivity contribution is -0.150. The van der Waals surface area contributed by atoms with Gasteiger partial charge in [0.1, 0.15) is 19.3 Å². The van der Waals surface area contributed by atoms with E-state index in [1.807, 2.05) is 12.1 Å². The minimum atomic E-state index is -4.07. The molecule has 0 bridgehead atoms. The number of hydrogen-bond acceptors (Lipinski definition) is 7. The molecule has 1 atom stereocenters. The second-order valence-corrected chi connectivity index (χ2v) is 10.3. The molecule has 0 spiro atoms. The number of carbonyl (C=O) groups is 2. The smallest absolute Gasteiger partial charge is 0.324 e. The third kappa shape index (κ3) is 6.48. The van der Waals surface area contributed by atoms with E-state index < -0.39 is 40.5 Å². The summed E-state index contributed by atoms with van der Waals surface area (Å²) in [6.07, 6.45) is 0. The van der Waals surface area contributed by atoms with E-state index in [0.717, 1.165) is 5.56 Å². The highest BCUT2D eigenvalue weighted by Crippen LogP contribution is 2.32. The van der Waals surface area contributed by atoms with Gasteiger partial charge in [-0.3, -0.25) is 9.59 Å². The summed E-state index contributed by atoms with van der Waals surface area (Å²) in [6, 6.07) is 10.4. The number of hydrogen-bond donors (Lipinski definition) is 2. The summed E-state index contributed by atoms with van der Waals surface area (Å²) in [4.78, 5) is 24.8. The van der Waals surface area contributed by atoms with Crippen molar-refractivity contribution in [2.24, 2.45) is 5.92 Å². The molecule has 0 fully saturated rings. The van der Waals surface area contributed by atoms with Crippen molar-refractivity contribution >= 4 is 27.6 Å². The number of rotatable bonds is 9. The van der Waals surface area contributed by atoms with Gasteiger partial charge in [0.2, 0.25) is 10.0 Å². The fourth-order valence-corrected chi connectivity index (χ4v) is 4.61. The number of ether oxygens (including phenoxy) is 3. The molecule has 0 aromatic heterocycles. The zero-order chi connectivity index (χ0) is 24.9. The van der Waals surface area contributed by atoms with Gasteiger partial charge in [0.15, 0.2) is 18.1 Å². The first-order valence-corrected chi connectivity index (χ1v) is 12.5. The predicted molar refractivity (Wildman–Crippen MR) is 126 cm³/mol. The highest BCUT2D eigenvalue weighted by atomic mass is 32.2. The summed E-state index contributed by atoms with van der Waals surface area (Å²) in [5, 5.41) is 2.65. The normalized spacial score (nSPS) is 14.1. The van der Waals surface area contributed by atoms with Gasteiger partial charge < -0.3 is 19.5 Å². The van der Waals surface area contributed by atoms with Crippen molar-refractivity contribution in [1.29, 1.82) is 0 Å². The molecule has 3 rings (SSSR count). The number of anilines is 1. The quantitative estimate of drug-likeness (QED) is 0.518. The van der Waals surface area contributed by atoms with Crippen LogP contribution in [0.3, 0.4) is 0 Å². The summed E-state index contributed by atoms with van der Waals surface area (Å²) >= 11 is 0. The van der Waals surface area contributed by atoms with Crippen molar-refractivity contribution in [1.82, 2.24) is 4.72 Å². The van der Waals surface area contributed by atoms with E-state index in [1.54, 1.807) is 26.0 Å². The van der Waals surface area contributed by atoms with Gasteiger partial charge in [-0.15, -0.1) is 0 Å². The number of esters is 1. The number of fused-ring (bicyclic) bond motifs is 1. The lowest BCUT2D eigenvalue weighted by atomic mass is 10.0. The summed E-state index contributed by atoms with van der Waals surface area (Å²) in [6.45, 7) is 7.65. The maximum atomic E-state index is 12.9. The SMILES string of the molecule is CC(C)c1ccc(NC(=O)COC(=O)[C@@H](NS(=O)(=O)c2ccc3c(c2)OCCO3)C(C)C)cc1. The Hall–Kier alpha value is -3.11. The van der Waals surface area contributed by atoms with Gasteiger partial charge in [-0.25, -0.2) is 8.42 Å². The Bertz CT molecular complexity index is 1130. The van der Waals surface area contributed by atoms with E-state index in [-0.39, 0.29) is 4.90 Å². The zero-order valence-electron chi connectivity index (χ0n) is 19.7. The van der Waals surface area contributed by atoms with Crippen molar-refractivity contribution in [2.75, 3.05) is 25.1 Å². The molecule has 0 aliphatic carbocycles. The number of sulfonamides is 1. The molecular weight excluding hydrogens is 460 g/mol. The van der Waals surface area contributed by atoms with Gasteiger partial charge in [-0.05, 0) is 41.7 Å². The molecule has 1 aliphatic rings. The number of carbonyl (C=O) groups excluding carboxylic acids is 2. The highest BCUT2D eigenvalue weighted by molar-refractivity contribution is 7.89. The van der Waals surface area contributed by atoms with Crippen LogP contribution < -0.4 is 19.5 Å². The fourth-order valence-electron chi connectivity index (χ4n) is 3.26. The van der Waals surface area contributed by atoms with E-state index in [0.29, 0.717) is 36.3 Å². The number of nitrogens with one attached hydrogen (secondary N) is 2. The third-order valence-corrected chi connectivity index (χ3v) is 6.67. The van der Waals surface area contributed by atoms with Gasteiger partial charge in [0.05, 0.1) is 4.90 Å². The van der Waals surface area contributed by atoms with E-state index in [9.17, 15) is 18.0 Å². The van der Waals surface area contributed by atoms with Crippen LogP contribution in [0.15, 0.2) is 47.4 Å². The molecular formula is C24H30N2O7S. The Labute approximate surface area is 199 Å². The molecule has 0 saturated carbocycles. The molecule has 1 amide bonds. The van der Waals surface area contributed by atoms with Crippen molar-refractivity contribution in [3.05, 3.63) is 48.0 Å². The van der Waals surface area contributed by atoms with Crippen LogP contribution in [0.5, 0.6) is 11.5 Å². The first-order chi connectivity index (χ1) is 16.1. The minimum absolute atomic E-state index is 0.0715. The van der Waals surface area contributed by atoms with Crippen LogP contribution in [-0.4, -0.2) is 46.2 Å². The van der Waals surface area contributed by atoms with Gasteiger partial charge in [-0.2, -0.15) is 4.72 Å². The van der Waals surface area contributed by atoms with E-state index in [4.69, 9.17) is 14.2 Å². The summed E-state index contributed by atoms with van der Waals surface area (Å²) in [5.74, 6) is -0.661. The van der Waals surface area contributed by atoms with E-state index in [1.165, 1.54) is 18.2 Å². The lowest BCUT2D eigenvalue weighted by Crippen LogP contribution is -2.45. The van der Waals surface area contributed by atoms with Gasteiger partial charge in [0, 0.05) is 11.8 Å². The average molecular weight is 491 g/mol. The van der Waals surface area contributed by atoms with Crippen molar-refractivity contribution in [2.45, 2.75) is 44.6 Å². The van der Waals surface area contributed by atoms with Crippen LogP contribution in [-0.2, 0) is 24.3 Å². The Morgan fingerprint density at radius 3 is 2.24 bits per heavy atom. The van der Waals surface area contributed by atoms with Crippen molar-refractivity contribution in [3.8, 4) is 11.5 Å². The average Bonchev–Trinajstić information content (AvgIpc) is 2.81. The Morgan fingerprint density at radius 1 is 0.971 bits per heavy atom. The Morgan fingerprint density at radius 2 is 1.62 bits per heavy atom. The molecule has 2 aromatic rings. The zero-order valence-corrected chi connectivity index (χ0v) is 20.5. The van der Waals surface area contributed by atoms with Crippen LogP contribution in [0, 0.1) is 5.92 Å². The van der Waals surface area contributed by atoms with E-state index >= 15 is 0 Å². The van der Waals surface area contributed by atoms with Crippen LogP contribution >= 0.6 is 0 Å². The summed E-state index contributed by atoms with van der Waals surface area (Å²) in [7, 11) is -4.07. The van der Waals surface area contributed by atoms with Gasteiger partial charge in [-0.1, -0.05) is 39.8 Å². The number of amides is 1. The molecule has 0 saturated heterocycles. The Balaban J connectivity index is 1.60. The molecule has 184 valence electrons. The number of benzene rings is 2. The largest absolute Gasteiger partial charge is 0.486 e. The van der Waals surface area contributed by atoms with Crippen LogP contribution in [0.25, 0.3) is 0 Å². The third-order valence-electron chi connectivity index (χ3n) is 5.23. The molecule has 2 N–H and O–H groups in total. The molecule has 0 unspecified atom stereocenters. The monoisotopic (exact) mass is 490 g/mol. The maximum Gasteiger partial charge on any atom is 0.324 e. The van der Waals surface area contributed by atoms with Crippen LogP contribution in [0.4, 0.5) is 5.69 Å². The minimum Gasteiger partial charge on any atom is -0.486 e. The summed E-state index contributed by atoms with van der Waals surface area (Å²) in [5.41, 5.74) is 1.71. The lowest BCUT2D eigenvalue weighted by Gasteiger charge is -2.22. The van der Waals surface area contributed by atoms with Gasteiger partial charge >= 0.3 is 5.97 Å². The van der Waals surface area contributed by atoms with Crippen molar-refractivity contribution < 1.29 is 32.2 Å². The van der Waals surface area contributed by atoms with Crippen LogP contribution in [0.2, 0.25) is 0 Å². The second kappa shape index (κ2) is 10.9. The molecule has 2 aromatic carbocycles. The standard InChI is InChI=1S/C24H30N2O7S/c1-15(2)17-5-7-18(8-6-17)25-22(27)14-33-24(28)23(16(3)4)26-34(29,30)19-9-10-20-21(13-19)32-12-11-31-20/h5-10,13,15-16,23,26H,11-12,14H2,1-4H3,(H,25,27)/t23-/m0/s1. The van der Waals surface area contributed by atoms with E-state index in [2.05, 4.69) is 23.9 Å². The van der Waals surface area contributed by atoms with Crippen LogP contribution in [0.1, 0.15) is 39.2 Å². The van der Waals surface area contributed by atoms with Gasteiger partial charge in [0.25, 0.3) is 5.91 Å². The molecule has 34 heavy (non-hydrogen) atoms. The van der Waals surface area contributed by atoms with Crippen molar-refractivity contribution in [3.63, 3.8) is 0 Å². The molecule has 10 heteroatoms. The Kier molecular flexibility index (Phi) is 8.16. The molecule has 1 heterocycles. The first kappa shape index (κ1) is 25.5. The maximum absolute atomic E-state index is 12.9. The summed E-state index contributed by atoms with van der Waals surface area (Å²) < 4.78 is 44.1. The molecule has 0 radical (unpaired) electrons. The first-order valence-electron chi connectivity index (χ1n) is 11.0. The molecule has 9 nitrogen and oxygen atoms in total.